The first kappa shape index (κ1) is 13.1. The van der Waals surface area contributed by atoms with Crippen molar-refractivity contribution in [2.75, 3.05) is 0 Å². The maximum Gasteiger partial charge on any atom is 0.292 e. The van der Waals surface area contributed by atoms with Crippen LogP contribution in [-0.2, 0) is 12.8 Å². The molecule has 102 valence electrons. The van der Waals surface area contributed by atoms with Gasteiger partial charge in [-0.25, -0.2) is 5.43 Å². The van der Waals surface area contributed by atoms with Gasteiger partial charge >= 0.3 is 0 Å². The molecule has 0 atom stereocenters. The van der Waals surface area contributed by atoms with Crippen LogP contribution in [0.25, 0.3) is 0 Å². The van der Waals surface area contributed by atoms with Gasteiger partial charge in [0.2, 0.25) is 0 Å². The first-order chi connectivity index (χ1) is 9.74. The molecular weight excluding hydrogens is 320 g/mol. The summed E-state index contributed by atoms with van der Waals surface area (Å²) in [6, 6.07) is 7.67. The molecule has 6 heteroatoms. The number of halogens is 1. The SMILES string of the molecule is O=C(N/N=C\c1cccc(Br)c1)c1n[nH]c2c1CCC2. The van der Waals surface area contributed by atoms with E-state index >= 15 is 0 Å². The lowest BCUT2D eigenvalue weighted by molar-refractivity contribution is 0.0949. The number of aryl methyl sites for hydroxylation is 1. The summed E-state index contributed by atoms with van der Waals surface area (Å²) >= 11 is 3.39. The van der Waals surface area contributed by atoms with E-state index < -0.39 is 0 Å². The highest BCUT2D eigenvalue weighted by atomic mass is 79.9. The number of hydrogen-bond acceptors (Lipinski definition) is 3. The van der Waals surface area contributed by atoms with Crippen LogP contribution in [0.4, 0.5) is 0 Å². The fourth-order valence-electron chi connectivity index (χ4n) is 2.31. The van der Waals surface area contributed by atoms with Gasteiger partial charge in [0.1, 0.15) is 0 Å². The zero-order valence-electron chi connectivity index (χ0n) is 10.7. The van der Waals surface area contributed by atoms with Crippen LogP contribution in [0, 0.1) is 0 Å². The smallest absolute Gasteiger partial charge is 0.281 e. The number of aromatic amines is 1. The van der Waals surface area contributed by atoms with Crippen LogP contribution in [0.3, 0.4) is 0 Å². The Labute approximate surface area is 124 Å². The summed E-state index contributed by atoms with van der Waals surface area (Å²) in [6.07, 6.45) is 4.56. The standard InChI is InChI=1S/C14H13BrN4O/c15-10-4-1-3-9(7-10)8-16-19-14(20)13-11-5-2-6-12(11)17-18-13/h1,3-4,7-8H,2,5-6H2,(H,17,18)(H,19,20)/b16-8-. The van der Waals surface area contributed by atoms with Crippen LogP contribution < -0.4 is 5.43 Å². The number of carbonyl (C=O) groups excluding carboxylic acids is 1. The van der Waals surface area contributed by atoms with E-state index in [2.05, 4.69) is 36.7 Å². The van der Waals surface area contributed by atoms with Crippen molar-refractivity contribution in [1.29, 1.82) is 0 Å². The van der Waals surface area contributed by atoms with Crippen LogP contribution in [-0.4, -0.2) is 22.3 Å². The number of benzene rings is 1. The molecule has 2 aromatic rings. The van der Waals surface area contributed by atoms with Crippen molar-refractivity contribution in [3.63, 3.8) is 0 Å². The van der Waals surface area contributed by atoms with Crippen molar-refractivity contribution in [1.82, 2.24) is 15.6 Å². The Morgan fingerprint density at radius 2 is 2.35 bits per heavy atom. The number of nitrogens with zero attached hydrogens (tertiary/aromatic N) is 2. The van der Waals surface area contributed by atoms with Crippen LogP contribution in [0.1, 0.15) is 33.7 Å². The zero-order valence-corrected chi connectivity index (χ0v) is 12.3. The molecule has 0 bridgehead atoms. The number of aromatic nitrogens is 2. The zero-order chi connectivity index (χ0) is 13.9. The lowest BCUT2D eigenvalue weighted by Crippen LogP contribution is -2.19. The predicted molar refractivity (Wildman–Crippen MR) is 79.8 cm³/mol. The van der Waals surface area contributed by atoms with Gasteiger partial charge in [-0.15, -0.1) is 0 Å². The first-order valence-electron chi connectivity index (χ1n) is 6.39. The first-order valence-corrected chi connectivity index (χ1v) is 7.18. The van der Waals surface area contributed by atoms with Crippen molar-refractivity contribution >= 4 is 28.1 Å². The minimum Gasteiger partial charge on any atom is -0.281 e. The Bertz CT molecular complexity index is 678. The Balaban J connectivity index is 1.67. The molecule has 2 N–H and O–H groups in total. The molecule has 1 amide bonds. The topological polar surface area (TPSA) is 70.1 Å². The molecule has 1 heterocycles. The van der Waals surface area contributed by atoms with E-state index in [9.17, 15) is 4.79 Å². The van der Waals surface area contributed by atoms with Gasteiger partial charge in [-0.2, -0.15) is 10.2 Å². The van der Waals surface area contributed by atoms with Gasteiger partial charge in [-0.05, 0) is 37.0 Å². The Morgan fingerprint density at radius 3 is 3.20 bits per heavy atom. The molecule has 1 aliphatic rings. The van der Waals surface area contributed by atoms with Gasteiger partial charge in [0.25, 0.3) is 5.91 Å². The Kier molecular flexibility index (Phi) is 3.64. The molecule has 0 fully saturated rings. The predicted octanol–water partition coefficient (Wildman–Crippen LogP) is 2.42. The van der Waals surface area contributed by atoms with E-state index in [0.717, 1.165) is 40.6 Å². The number of hydrazone groups is 1. The number of amides is 1. The summed E-state index contributed by atoms with van der Waals surface area (Å²) in [5.41, 5.74) is 5.99. The molecule has 1 aromatic heterocycles. The lowest BCUT2D eigenvalue weighted by Gasteiger charge is -1.98. The van der Waals surface area contributed by atoms with Crippen molar-refractivity contribution < 1.29 is 4.79 Å². The van der Waals surface area contributed by atoms with Gasteiger partial charge in [-0.3, -0.25) is 9.89 Å². The summed E-state index contributed by atoms with van der Waals surface area (Å²) in [5.74, 6) is -0.268. The van der Waals surface area contributed by atoms with Crippen molar-refractivity contribution in [2.24, 2.45) is 5.10 Å². The lowest BCUT2D eigenvalue weighted by atomic mass is 10.2. The number of nitrogens with one attached hydrogen (secondary N) is 2. The van der Waals surface area contributed by atoms with Gasteiger partial charge in [0, 0.05) is 15.7 Å². The molecule has 0 spiro atoms. The highest BCUT2D eigenvalue weighted by Crippen LogP contribution is 2.22. The summed E-state index contributed by atoms with van der Waals surface area (Å²) in [6.45, 7) is 0. The molecule has 20 heavy (non-hydrogen) atoms. The molecular formula is C14H13BrN4O. The molecule has 5 nitrogen and oxygen atoms in total. The van der Waals surface area contributed by atoms with Gasteiger partial charge in [-0.1, -0.05) is 28.1 Å². The van der Waals surface area contributed by atoms with E-state index in [1.54, 1.807) is 6.21 Å². The highest BCUT2D eigenvalue weighted by molar-refractivity contribution is 9.10. The fraction of sp³-hybridized carbons (Fsp3) is 0.214. The van der Waals surface area contributed by atoms with Crippen molar-refractivity contribution in [3.05, 3.63) is 51.3 Å². The molecule has 1 aromatic carbocycles. The maximum absolute atomic E-state index is 12.0. The average Bonchev–Trinajstić information content (AvgIpc) is 3.00. The van der Waals surface area contributed by atoms with E-state index in [-0.39, 0.29) is 5.91 Å². The second-order valence-corrected chi connectivity index (χ2v) is 5.55. The van der Waals surface area contributed by atoms with E-state index in [0.29, 0.717) is 5.69 Å². The summed E-state index contributed by atoms with van der Waals surface area (Å²) in [7, 11) is 0. The van der Waals surface area contributed by atoms with Crippen LogP contribution in [0.15, 0.2) is 33.8 Å². The largest absolute Gasteiger partial charge is 0.292 e. The number of carbonyl (C=O) groups is 1. The third kappa shape index (κ3) is 2.65. The maximum atomic E-state index is 12.0. The molecule has 0 radical (unpaired) electrons. The van der Waals surface area contributed by atoms with Crippen molar-refractivity contribution in [3.8, 4) is 0 Å². The average molecular weight is 333 g/mol. The van der Waals surface area contributed by atoms with Crippen LogP contribution in [0.2, 0.25) is 0 Å². The van der Waals surface area contributed by atoms with E-state index in [1.165, 1.54) is 0 Å². The normalized spacial score (nSPS) is 13.7. The monoisotopic (exact) mass is 332 g/mol. The summed E-state index contributed by atoms with van der Waals surface area (Å²) in [4.78, 5) is 12.0. The van der Waals surface area contributed by atoms with E-state index in [1.807, 2.05) is 24.3 Å². The van der Waals surface area contributed by atoms with Crippen LogP contribution in [0.5, 0.6) is 0 Å². The summed E-state index contributed by atoms with van der Waals surface area (Å²) in [5, 5.41) is 10.9. The van der Waals surface area contributed by atoms with Crippen LogP contribution >= 0.6 is 15.9 Å². The third-order valence-electron chi connectivity index (χ3n) is 3.25. The second-order valence-electron chi connectivity index (χ2n) is 4.64. The molecule has 0 unspecified atom stereocenters. The Morgan fingerprint density at radius 1 is 1.45 bits per heavy atom. The molecule has 0 saturated carbocycles. The molecule has 3 rings (SSSR count). The quantitative estimate of drug-likeness (QED) is 0.669. The Hall–Kier alpha value is -1.95. The number of rotatable bonds is 3. The highest BCUT2D eigenvalue weighted by Gasteiger charge is 2.22. The number of hydrogen-bond donors (Lipinski definition) is 2. The van der Waals surface area contributed by atoms with Gasteiger partial charge < -0.3 is 0 Å². The second kappa shape index (κ2) is 5.58. The van der Waals surface area contributed by atoms with Gasteiger partial charge in [0.15, 0.2) is 5.69 Å². The molecule has 1 aliphatic carbocycles. The van der Waals surface area contributed by atoms with Crippen molar-refractivity contribution in [2.45, 2.75) is 19.3 Å². The summed E-state index contributed by atoms with van der Waals surface area (Å²) < 4.78 is 0.970. The third-order valence-corrected chi connectivity index (χ3v) is 3.74. The minimum atomic E-state index is -0.268. The minimum absolute atomic E-state index is 0.268. The van der Waals surface area contributed by atoms with E-state index in [4.69, 9.17) is 0 Å². The molecule has 0 aliphatic heterocycles. The number of fused-ring (bicyclic) bond motifs is 1. The number of H-pyrrole nitrogens is 1. The fourth-order valence-corrected chi connectivity index (χ4v) is 2.73. The van der Waals surface area contributed by atoms with Gasteiger partial charge in [0.05, 0.1) is 6.21 Å². The molecule has 0 saturated heterocycles.